The van der Waals surface area contributed by atoms with Crippen molar-refractivity contribution in [2.75, 3.05) is 5.32 Å². The fourth-order valence-corrected chi connectivity index (χ4v) is 4.32. The molecule has 0 saturated heterocycles. The highest BCUT2D eigenvalue weighted by Crippen LogP contribution is 2.31. The van der Waals surface area contributed by atoms with Gasteiger partial charge in [0.1, 0.15) is 5.69 Å². The van der Waals surface area contributed by atoms with Gasteiger partial charge in [0.25, 0.3) is 0 Å². The molecule has 28 heavy (non-hydrogen) atoms. The second kappa shape index (κ2) is 7.51. The van der Waals surface area contributed by atoms with Crippen LogP contribution in [0, 0.1) is 5.92 Å². The summed E-state index contributed by atoms with van der Waals surface area (Å²) in [7, 11) is 0. The van der Waals surface area contributed by atoms with Crippen LogP contribution in [0.3, 0.4) is 0 Å². The summed E-state index contributed by atoms with van der Waals surface area (Å²) in [4.78, 5) is 9.47. The molecule has 0 radical (unpaired) electrons. The summed E-state index contributed by atoms with van der Waals surface area (Å²) in [5, 5.41) is 9.48. The van der Waals surface area contributed by atoms with Crippen LogP contribution in [0.4, 0.5) is 5.95 Å². The Morgan fingerprint density at radius 3 is 2.54 bits per heavy atom. The summed E-state index contributed by atoms with van der Waals surface area (Å²) >= 11 is 0. The number of hydrogen-bond donors (Lipinski definition) is 2. The molecule has 5 rings (SSSR count). The van der Waals surface area contributed by atoms with Crippen LogP contribution in [0.15, 0.2) is 36.5 Å². The summed E-state index contributed by atoms with van der Waals surface area (Å²) in [5.41, 5.74) is 9.11. The molecule has 2 saturated carbocycles. The van der Waals surface area contributed by atoms with E-state index < -0.39 is 0 Å². The van der Waals surface area contributed by atoms with E-state index >= 15 is 0 Å². The van der Waals surface area contributed by atoms with Crippen molar-refractivity contribution in [3.8, 4) is 11.3 Å². The van der Waals surface area contributed by atoms with Crippen LogP contribution in [0.1, 0.15) is 44.9 Å². The van der Waals surface area contributed by atoms with Gasteiger partial charge in [0.05, 0.1) is 5.39 Å². The van der Waals surface area contributed by atoms with Gasteiger partial charge in [-0.2, -0.15) is 10.1 Å². The summed E-state index contributed by atoms with van der Waals surface area (Å²) in [6.07, 6.45) is 10.2. The van der Waals surface area contributed by atoms with E-state index in [1.165, 1.54) is 32.1 Å². The molecule has 146 valence electrons. The van der Waals surface area contributed by atoms with Crippen LogP contribution in [-0.4, -0.2) is 31.8 Å². The van der Waals surface area contributed by atoms with Gasteiger partial charge in [-0.1, -0.05) is 30.3 Å². The minimum Gasteiger partial charge on any atom is -0.351 e. The minimum atomic E-state index is 0.367. The molecule has 6 nitrogen and oxygen atoms in total. The Morgan fingerprint density at radius 2 is 1.82 bits per heavy atom. The molecule has 1 aromatic carbocycles. The zero-order chi connectivity index (χ0) is 18.9. The van der Waals surface area contributed by atoms with Crippen LogP contribution in [0.5, 0.6) is 0 Å². The molecule has 0 amide bonds. The molecule has 2 aliphatic carbocycles. The van der Waals surface area contributed by atoms with Gasteiger partial charge in [-0.15, -0.1) is 0 Å². The van der Waals surface area contributed by atoms with E-state index in [0.717, 1.165) is 47.6 Å². The monoisotopic (exact) mass is 376 g/mol. The standard InChI is InChI=1S/C22H28N6/c23-17-11-9-15(10-12-17)14-28-21-19(20(27-28)16-5-2-1-3-6-16)13-24-22(26-21)25-18-7-4-8-18/h1-3,5-6,13,15,17-18H,4,7-12,14,23H2,(H,24,25,26). The SMILES string of the molecule is NC1CCC(Cn2nc(-c3ccccc3)c3cnc(NC4CCC4)nc32)CC1. The lowest BCUT2D eigenvalue weighted by molar-refractivity contribution is 0.288. The summed E-state index contributed by atoms with van der Waals surface area (Å²) in [5.74, 6) is 1.34. The Labute approximate surface area is 165 Å². The van der Waals surface area contributed by atoms with Gasteiger partial charge < -0.3 is 11.1 Å². The smallest absolute Gasteiger partial charge is 0.224 e. The first-order valence-corrected chi connectivity index (χ1v) is 10.6. The molecule has 3 aromatic rings. The van der Waals surface area contributed by atoms with Crippen molar-refractivity contribution in [2.45, 2.75) is 63.6 Å². The number of aromatic nitrogens is 4. The highest BCUT2D eigenvalue weighted by atomic mass is 15.3. The second-order valence-electron chi connectivity index (χ2n) is 8.38. The van der Waals surface area contributed by atoms with Crippen molar-refractivity contribution >= 4 is 17.0 Å². The van der Waals surface area contributed by atoms with E-state index in [2.05, 4.69) is 39.2 Å². The van der Waals surface area contributed by atoms with Crippen molar-refractivity contribution in [2.24, 2.45) is 11.7 Å². The molecule has 2 aliphatic rings. The molecular weight excluding hydrogens is 348 g/mol. The van der Waals surface area contributed by atoms with Gasteiger partial charge in [-0.05, 0) is 50.9 Å². The molecule has 3 N–H and O–H groups in total. The fourth-order valence-electron chi connectivity index (χ4n) is 4.32. The van der Waals surface area contributed by atoms with Crippen molar-refractivity contribution < 1.29 is 0 Å². The third kappa shape index (κ3) is 3.49. The molecule has 2 fully saturated rings. The normalized spacial score (nSPS) is 22.9. The maximum atomic E-state index is 6.09. The average Bonchev–Trinajstić information content (AvgIpc) is 3.05. The number of nitrogens with one attached hydrogen (secondary N) is 1. The van der Waals surface area contributed by atoms with Gasteiger partial charge in [0.15, 0.2) is 5.65 Å². The summed E-state index contributed by atoms with van der Waals surface area (Å²) in [6.45, 7) is 0.899. The molecule has 2 aromatic heterocycles. The predicted molar refractivity (Wildman–Crippen MR) is 112 cm³/mol. The van der Waals surface area contributed by atoms with Gasteiger partial charge >= 0.3 is 0 Å². The Morgan fingerprint density at radius 1 is 1.04 bits per heavy atom. The number of hydrogen-bond acceptors (Lipinski definition) is 5. The lowest BCUT2D eigenvalue weighted by Crippen LogP contribution is -2.28. The Kier molecular flexibility index (Phi) is 4.72. The maximum Gasteiger partial charge on any atom is 0.224 e. The summed E-state index contributed by atoms with van der Waals surface area (Å²) in [6, 6.07) is 11.2. The van der Waals surface area contributed by atoms with Crippen molar-refractivity contribution in [3.05, 3.63) is 36.5 Å². The molecule has 0 spiro atoms. The van der Waals surface area contributed by atoms with Crippen molar-refractivity contribution in [1.29, 1.82) is 0 Å². The van der Waals surface area contributed by atoms with E-state index in [-0.39, 0.29) is 0 Å². The first-order chi connectivity index (χ1) is 13.8. The third-order valence-corrected chi connectivity index (χ3v) is 6.30. The Balaban J connectivity index is 1.51. The molecular formula is C22H28N6. The lowest BCUT2D eigenvalue weighted by atomic mass is 9.86. The predicted octanol–water partition coefficient (Wildman–Crippen LogP) is 3.98. The molecule has 0 aliphatic heterocycles. The first kappa shape index (κ1) is 17.6. The van der Waals surface area contributed by atoms with E-state index in [1.807, 2.05) is 12.3 Å². The molecule has 6 heteroatoms. The average molecular weight is 377 g/mol. The van der Waals surface area contributed by atoms with E-state index in [9.17, 15) is 0 Å². The van der Waals surface area contributed by atoms with E-state index in [4.69, 9.17) is 15.8 Å². The number of anilines is 1. The van der Waals surface area contributed by atoms with Crippen LogP contribution in [-0.2, 0) is 6.54 Å². The molecule has 0 atom stereocenters. The highest BCUT2D eigenvalue weighted by molar-refractivity contribution is 5.91. The van der Waals surface area contributed by atoms with Crippen molar-refractivity contribution in [3.63, 3.8) is 0 Å². The fraction of sp³-hybridized carbons (Fsp3) is 0.500. The van der Waals surface area contributed by atoms with Crippen LogP contribution in [0.2, 0.25) is 0 Å². The number of fused-ring (bicyclic) bond motifs is 1. The molecule has 2 heterocycles. The van der Waals surface area contributed by atoms with E-state index in [1.54, 1.807) is 0 Å². The van der Waals surface area contributed by atoms with Crippen molar-refractivity contribution in [1.82, 2.24) is 19.7 Å². The number of benzene rings is 1. The number of nitrogens with two attached hydrogens (primary N) is 1. The summed E-state index contributed by atoms with van der Waals surface area (Å²) < 4.78 is 2.10. The maximum absolute atomic E-state index is 6.09. The van der Waals surface area contributed by atoms with Gasteiger partial charge in [-0.25, -0.2) is 9.67 Å². The minimum absolute atomic E-state index is 0.367. The largest absolute Gasteiger partial charge is 0.351 e. The third-order valence-electron chi connectivity index (χ3n) is 6.30. The van der Waals surface area contributed by atoms with E-state index in [0.29, 0.717) is 18.0 Å². The highest BCUT2D eigenvalue weighted by Gasteiger charge is 2.23. The van der Waals surface area contributed by atoms with Crippen LogP contribution < -0.4 is 11.1 Å². The number of nitrogens with zero attached hydrogens (tertiary/aromatic N) is 4. The van der Waals surface area contributed by atoms with Crippen LogP contribution >= 0.6 is 0 Å². The number of rotatable bonds is 5. The van der Waals surface area contributed by atoms with Gasteiger partial charge in [0.2, 0.25) is 5.95 Å². The first-order valence-electron chi connectivity index (χ1n) is 10.6. The lowest BCUT2D eigenvalue weighted by Gasteiger charge is -2.26. The second-order valence-corrected chi connectivity index (χ2v) is 8.38. The van der Waals surface area contributed by atoms with Crippen LogP contribution in [0.25, 0.3) is 22.3 Å². The zero-order valence-electron chi connectivity index (χ0n) is 16.2. The zero-order valence-corrected chi connectivity index (χ0v) is 16.2. The molecule has 0 unspecified atom stereocenters. The quantitative estimate of drug-likeness (QED) is 0.704. The Hall–Kier alpha value is -2.47. The van der Waals surface area contributed by atoms with Gasteiger partial charge in [0, 0.05) is 30.4 Å². The molecule has 0 bridgehead atoms. The topological polar surface area (TPSA) is 81.7 Å². The Bertz CT molecular complexity index is 938. The van der Waals surface area contributed by atoms with Gasteiger partial charge in [-0.3, -0.25) is 0 Å².